The minimum absolute atomic E-state index is 0.828. The summed E-state index contributed by atoms with van der Waals surface area (Å²) in [6.07, 6.45) is 5.27. The lowest BCUT2D eigenvalue weighted by Crippen LogP contribution is -1.89. The van der Waals surface area contributed by atoms with Crippen LogP contribution in [-0.2, 0) is 0 Å². The van der Waals surface area contributed by atoms with Crippen molar-refractivity contribution >= 4 is 43.9 Å². The number of nitrogens with zero attached hydrogens (tertiary/aromatic N) is 3. The molecule has 33 heavy (non-hydrogen) atoms. The summed E-state index contributed by atoms with van der Waals surface area (Å²) in [6.45, 7) is 0. The van der Waals surface area contributed by atoms with Crippen LogP contribution in [0.3, 0.4) is 0 Å². The average molecular weight is 423 g/mol. The van der Waals surface area contributed by atoms with Gasteiger partial charge in [0.05, 0.1) is 11.0 Å². The standard InChI is InChI=1S/C29H17N3O/c1-2-4-26-22(3-1)24-17-20(9-12-27(24)33-26)18-5-7-19(8-6-18)21-13-14-31-28-23(21)10-11-25-29(28)32-16-15-30-25/h1-17H. The zero-order valence-electron chi connectivity index (χ0n) is 17.6. The number of hydrogen-bond acceptors (Lipinski definition) is 4. The molecule has 0 N–H and O–H groups in total. The Morgan fingerprint density at radius 3 is 2.18 bits per heavy atom. The molecule has 0 saturated carbocycles. The minimum Gasteiger partial charge on any atom is -0.456 e. The molecule has 0 aliphatic heterocycles. The molecule has 0 saturated heterocycles. The lowest BCUT2D eigenvalue weighted by Gasteiger charge is -2.09. The molecule has 3 aromatic heterocycles. The molecule has 0 atom stereocenters. The largest absolute Gasteiger partial charge is 0.456 e. The number of rotatable bonds is 2. The number of benzene rings is 4. The first-order valence-electron chi connectivity index (χ1n) is 10.9. The molecule has 0 bridgehead atoms. The van der Waals surface area contributed by atoms with Crippen molar-refractivity contribution in [3.8, 4) is 22.3 Å². The van der Waals surface area contributed by atoms with E-state index in [4.69, 9.17) is 4.42 Å². The van der Waals surface area contributed by atoms with E-state index in [2.05, 4.69) is 75.6 Å². The maximum absolute atomic E-state index is 5.98. The van der Waals surface area contributed by atoms with Gasteiger partial charge in [-0.05, 0) is 58.7 Å². The molecule has 7 rings (SSSR count). The smallest absolute Gasteiger partial charge is 0.135 e. The van der Waals surface area contributed by atoms with E-state index in [0.29, 0.717) is 0 Å². The fraction of sp³-hybridized carbons (Fsp3) is 0. The highest BCUT2D eigenvalue weighted by atomic mass is 16.3. The van der Waals surface area contributed by atoms with Crippen LogP contribution in [0.25, 0.3) is 66.1 Å². The Labute approximate surface area is 189 Å². The maximum Gasteiger partial charge on any atom is 0.135 e. The van der Waals surface area contributed by atoms with Crippen molar-refractivity contribution in [2.24, 2.45) is 0 Å². The number of aromatic nitrogens is 3. The van der Waals surface area contributed by atoms with E-state index in [1.54, 1.807) is 12.4 Å². The van der Waals surface area contributed by atoms with E-state index < -0.39 is 0 Å². The maximum atomic E-state index is 5.98. The number of para-hydroxylation sites is 1. The molecule has 0 aliphatic carbocycles. The molecule has 4 heteroatoms. The van der Waals surface area contributed by atoms with Gasteiger partial charge in [-0.25, -0.2) is 0 Å². The van der Waals surface area contributed by atoms with Gasteiger partial charge in [0.2, 0.25) is 0 Å². The van der Waals surface area contributed by atoms with Gasteiger partial charge in [0.25, 0.3) is 0 Å². The molecule has 0 aliphatic rings. The molecule has 0 fully saturated rings. The zero-order chi connectivity index (χ0) is 21.8. The van der Waals surface area contributed by atoms with Crippen LogP contribution in [0.2, 0.25) is 0 Å². The second kappa shape index (κ2) is 6.97. The zero-order valence-corrected chi connectivity index (χ0v) is 17.6. The van der Waals surface area contributed by atoms with Gasteiger partial charge in [0.15, 0.2) is 0 Å². The highest BCUT2D eigenvalue weighted by Gasteiger charge is 2.11. The van der Waals surface area contributed by atoms with Crippen molar-refractivity contribution < 1.29 is 4.42 Å². The second-order valence-corrected chi connectivity index (χ2v) is 8.13. The minimum atomic E-state index is 0.828. The van der Waals surface area contributed by atoms with Gasteiger partial charge in [0.1, 0.15) is 16.7 Å². The number of hydrogen-bond donors (Lipinski definition) is 0. The summed E-state index contributed by atoms with van der Waals surface area (Å²) in [5.41, 5.74) is 9.00. The molecular formula is C29H17N3O. The Kier molecular flexibility index (Phi) is 3.81. The normalized spacial score (nSPS) is 11.6. The second-order valence-electron chi connectivity index (χ2n) is 8.13. The Bertz CT molecular complexity index is 1820. The molecular weight excluding hydrogens is 406 g/mol. The number of furan rings is 1. The molecule has 0 amide bonds. The first kappa shape index (κ1) is 18.0. The Hall–Kier alpha value is -4.57. The van der Waals surface area contributed by atoms with Crippen molar-refractivity contribution in [2.75, 3.05) is 0 Å². The lowest BCUT2D eigenvalue weighted by atomic mass is 9.97. The van der Waals surface area contributed by atoms with Crippen LogP contribution in [0.5, 0.6) is 0 Å². The Morgan fingerprint density at radius 2 is 1.24 bits per heavy atom. The van der Waals surface area contributed by atoms with E-state index >= 15 is 0 Å². The molecule has 0 radical (unpaired) electrons. The highest BCUT2D eigenvalue weighted by molar-refractivity contribution is 6.08. The van der Waals surface area contributed by atoms with Gasteiger partial charge >= 0.3 is 0 Å². The Balaban J connectivity index is 1.33. The fourth-order valence-electron chi connectivity index (χ4n) is 4.65. The van der Waals surface area contributed by atoms with E-state index in [1.807, 2.05) is 30.5 Å². The molecule has 7 aromatic rings. The summed E-state index contributed by atoms with van der Waals surface area (Å²) < 4.78 is 5.98. The van der Waals surface area contributed by atoms with Crippen LogP contribution in [0.15, 0.2) is 108 Å². The molecule has 0 unspecified atom stereocenters. The summed E-state index contributed by atoms with van der Waals surface area (Å²) in [5, 5.41) is 3.36. The summed E-state index contributed by atoms with van der Waals surface area (Å²) in [5.74, 6) is 0. The predicted octanol–water partition coefficient (Wildman–Crippen LogP) is 7.41. The van der Waals surface area contributed by atoms with Gasteiger partial charge in [-0.3, -0.25) is 15.0 Å². The van der Waals surface area contributed by atoms with Crippen molar-refractivity contribution in [1.29, 1.82) is 0 Å². The van der Waals surface area contributed by atoms with Crippen LogP contribution >= 0.6 is 0 Å². The Morgan fingerprint density at radius 1 is 0.485 bits per heavy atom. The van der Waals surface area contributed by atoms with Gasteiger partial charge in [-0.1, -0.05) is 48.5 Å². The molecule has 0 spiro atoms. The van der Waals surface area contributed by atoms with Gasteiger partial charge in [-0.2, -0.15) is 0 Å². The third-order valence-electron chi connectivity index (χ3n) is 6.25. The van der Waals surface area contributed by atoms with E-state index in [-0.39, 0.29) is 0 Å². The first-order valence-corrected chi connectivity index (χ1v) is 10.9. The van der Waals surface area contributed by atoms with Crippen LogP contribution in [0.4, 0.5) is 0 Å². The fourth-order valence-corrected chi connectivity index (χ4v) is 4.65. The van der Waals surface area contributed by atoms with Gasteiger partial charge in [0, 0.05) is 34.7 Å². The van der Waals surface area contributed by atoms with E-state index in [9.17, 15) is 0 Å². The number of fused-ring (bicyclic) bond motifs is 6. The molecule has 4 nitrogen and oxygen atoms in total. The van der Waals surface area contributed by atoms with Crippen LogP contribution < -0.4 is 0 Å². The molecule has 4 aromatic carbocycles. The van der Waals surface area contributed by atoms with Crippen LogP contribution in [0, 0.1) is 0 Å². The average Bonchev–Trinajstić information content (AvgIpc) is 3.26. The SMILES string of the molecule is c1ccc2c(c1)oc1ccc(-c3ccc(-c4ccnc5c4ccc4nccnc45)cc3)cc12. The van der Waals surface area contributed by atoms with Gasteiger partial charge < -0.3 is 4.42 Å². The van der Waals surface area contributed by atoms with Crippen molar-refractivity contribution in [2.45, 2.75) is 0 Å². The highest BCUT2D eigenvalue weighted by Crippen LogP contribution is 2.34. The molecule has 3 heterocycles. The predicted molar refractivity (Wildman–Crippen MR) is 133 cm³/mol. The monoisotopic (exact) mass is 423 g/mol. The summed E-state index contributed by atoms with van der Waals surface area (Å²) >= 11 is 0. The summed E-state index contributed by atoms with van der Waals surface area (Å²) in [7, 11) is 0. The van der Waals surface area contributed by atoms with Crippen molar-refractivity contribution in [1.82, 2.24) is 15.0 Å². The molecule has 154 valence electrons. The van der Waals surface area contributed by atoms with E-state index in [1.165, 1.54) is 11.1 Å². The summed E-state index contributed by atoms with van der Waals surface area (Å²) in [4.78, 5) is 13.5. The van der Waals surface area contributed by atoms with Crippen LogP contribution in [-0.4, -0.2) is 15.0 Å². The lowest BCUT2D eigenvalue weighted by molar-refractivity contribution is 0.669. The summed E-state index contributed by atoms with van der Waals surface area (Å²) in [6, 6.07) is 29.4. The van der Waals surface area contributed by atoms with Crippen molar-refractivity contribution in [3.63, 3.8) is 0 Å². The van der Waals surface area contributed by atoms with Crippen LogP contribution in [0.1, 0.15) is 0 Å². The van der Waals surface area contributed by atoms with Gasteiger partial charge in [-0.15, -0.1) is 0 Å². The van der Waals surface area contributed by atoms with Crippen molar-refractivity contribution in [3.05, 3.63) is 104 Å². The first-order chi connectivity index (χ1) is 16.3. The van der Waals surface area contributed by atoms with E-state index in [0.717, 1.165) is 55.0 Å². The number of pyridine rings is 1. The third-order valence-corrected chi connectivity index (χ3v) is 6.25. The quantitative estimate of drug-likeness (QED) is 0.272. The third kappa shape index (κ3) is 2.81. The topological polar surface area (TPSA) is 51.8 Å².